The minimum Gasteiger partial charge on any atom is -0.478 e. The first-order valence-corrected chi connectivity index (χ1v) is 6.25. The predicted octanol–water partition coefficient (Wildman–Crippen LogP) is 2.03. The molecule has 1 aromatic heterocycles. The predicted molar refractivity (Wildman–Crippen MR) is 76.1 cm³/mol. The molecule has 1 aromatic carbocycles. The minimum atomic E-state index is -1.10. The number of amides is 1. The molecular weight excluding hydrogens is 361 g/mol. The summed E-state index contributed by atoms with van der Waals surface area (Å²) in [6.45, 7) is 0. The first-order chi connectivity index (χ1) is 9.08. The van der Waals surface area contributed by atoms with Crippen LogP contribution in [0, 0.1) is 3.57 Å². The van der Waals surface area contributed by atoms with E-state index in [0.29, 0.717) is 0 Å². The highest BCUT2D eigenvalue weighted by Gasteiger charge is 2.14. The quantitative estimate of drug-likeness (QED) is 0.808. The van der Waals surface area contributed by atoms with Gasteiger partial charge in [-0.3, -0.25) is 4.79 Å². The highest BCUT2D eigenvalue weighted by Crippen LogP contribution is 2.19. The van der Waals surface area contributed by atoms with Gasteiger partial charge in [-0.05, 0) is 40.8 Å². The number of hydrogen-bond donors (Lipinski definition) is 2. The fourth-order valence-corrected chi connectivity index (χ4v) is 1.90. The molecule has 0 fully saturated rings. The Morgan fingerprint density at radius 2 is 1.89 bits per heavy atom. The van der Waals surface area contributed by atoms with E-state index in [1.807, 2.05) is 22.6 Å². The van der Waals surface area contributed by atoms with Crippen molar-refractivity contribution < 1.29 is 14.7 Å². The third-order valence-corrected chi connectivity index (χ3v) is 2.95. The van der Waals surface area contributed by atoms with Crippen molar-refractivity contribution in [3.8, 4) is 0 Å². The van der Waals surface area contributed by atoms with Gasteiger partial charge in [0.25, 0.3) is 5.91 Å². The summed E-state index contributed by atoms with van der Waals surface area (Å²) in [5.74, 6) is -1.55. The van der Waals surface area contributed by atoms with Gasteiger partial charge in [0.2, 0.25) is 0 Å². The Bertz CT molecular complexity index is 631. The lowest BCUT2D eigenvalue weighted by atomic mass is 10.1. The SMILES string of the molecule is O=C(Nc1ccc(I)cc1C(=O)O)c1cncnc1. The maximum Gasteiger partial charge on any atom is 0.337 e. The van der Waals surface area contributed by atoms with Gasteiger partial charge < -0.3 is 10.4 Å². The van der Waals surface area contributed by atoms with Crippen molar-refractivity contribution in [1.29, 1.82) is 0 Å². The zero-order chi connectivity index (χ0) is 13.8. The number of carbonyl (C=O) groups excluding carboxylic acids is 1. The van der Waals surface area contributed by atoms with Gasteiger partial charge in [-0.1, -0.05) is 0 Å². The molecule has 0 unspecified atom stereocenters. The molecule has 96 valence electrons. The van der Waals surface area contributed by atoms with E-state index in [2.05, 4.69) is 15.3 Å². The molecule has 0 saturated carbocycles. The van der Waals surface area contributed by atoms with E-state index in [4.69, 9.17) is 5.11 Å². The molecular formula is C12H8IN3O3. The number of nitrogens with zero attached hydrogens (tertiary/aromatic N) is 2. The van der Waals surface area contributed by atoms with Crippen molar-refractivity contribution in [2.75, 3.05) is 5.32 Å². The third-order valence-electron chi connectivity index (χ3n) is 2.28. The van der Waals surface area contributed by atoms with Crippen molar-refractivity contribution in [3.63, 3.8) is 0 Å². The molecule has 6 nitrogen and oxygen atoms in total. The van der Waals surface area contributed by atoms with Crippen molar-refractivity contribution in [3.05, 3.63) is 51.6 Å². The molecule has 7 heteroatoms. The number of halogens is 1. The second-order valence-electron chi connectivity index (χ2n) is 3.58. The Morgan fingerprint density at radius 3 is 2.53 bits per heavy atom. The molecule has 0 spiro atoms. The number of benzene rings is 1. The largest absolute Gasteiger partial charge is 0.478 e. The number of aromatic nitrogens is 2. The summed E-state index contributed by atoms with van der Waals surface area (Å²) in [6.07, 6.45) is 4.02. The molecule has 0 aliphatic heterocycles. The standard InChI is InChI=1S/C12H8IN3O3/c13-8-1-2-10(9(3-8)12(18)19)16-11(17)7-4-14-6-15-5-7/h1-6H,(H,16,17)(H,18,19). The molecule has 2 rings (SSSR count). The second-order valence-corrected chi connectivity index (χ2v) is 4.82. The smallest absolute Gasteiger partial charge is 0.337 e. The van der Waals surface area contributed by atoms with Crippen LogP contribution >= 0.6 is 22.6 Å². The number of aromatic carboxylic acids is 1. The van der Waals surface area contributed by atoms with Gasteiger partial charge in [0.15, 0.2) is 0 Å². The fourth-order valence-electron chi connectivity index (χ4n) is 1.41. The van der Waals surface area contributed by atoms with Crippen LogP contribution in [0.4, 0.5) is 5.69 Å². The summed E-state index contributed by atoms with van der Waals surface area (Å²) in [5, 5.41) is 11.6. The molecule has 2 N–H and O–H groups in total. The van der Waals surface area contributed by atoms with Gasteiger partial charge in [0, 0.05) is 16.0 Å². The first kappa shape index (κ1) is 13.4. The van der Waals surface area contributed by atoms with Gasteiger partial charge in [-0.25, -0.2) is 14.8 Å². The monoisotopic (exact) mass is 369 g/mol. The van der Waals surface area contributed by atoms with Gasteiger partial charge in [-0.2, -0.15) is 0 Å². The lowest BCUT2D eigenvalue weighted by molar-refractivity contribution is 0.0698. The second kappa shape index (κ2) is 5.74. The summed E-state index contributed by atoms with van der Waals surface area (Å²) >= 11 is 2.00. The van der Waals surface area contributed by atoms with Crippen LogP contribution in [0.15, 0.2) is 36.9 Å². The zero-order valence-corrected chi connectivity index (χ0v) is 11.7. The van der Waals surface area contributed by atoms with Crippen LogP contribution in [0.5, 0.6) is 0 Å². The summed E-state index contributed by atoms with van der Waals surface area (Å²) in [6, 6.07) is 4.75. The lowest BCUT2D eigenvalue weighted by Crippen LogP contribution is -2.15. The van der Waals surface area contributed by atoms with Crippen LogP contribution in [0.3, 0.4) is 0 Å². The fraction of sp³-hybridized carbons (Fsp3) is 0. The topological polar surface area (TPSA) is 92.2 Å². The van der Waals surface area contributed by atoms with E-state index >= 15 is 0 Å². The summed E-state index contributed by atoms with van der Waals surface area (Å²) < 4.78 is 0.774. The highest BCUT2D eigenvalue weighted by molar-refractivity contribution is 14.1. The maximum absolute atomic E-state index is 11.9. The molecule has 0 atom stereocenters. The Balaban J connectivity index is 2.29. The molecule has 0 saturated heterocycles. The summed E-state index contributed by atoms with van der Waals surface area (Å²) in [5.41, 5.74) is 0.538. The molecule has 1 amide bonds. The van der Waals surface area contributed by atoms with Crippen molar-refractivity contribution in [2.24, 2.45) is 0 Å². The molecule has 0 aliphatic rings. The Morgan fingerprint density at radius 1 is 1.21 bits per heavy atom. The minimum absolute atomic E-state index is 0.0390. The van der Waals surface area contributed by atoms with Crippen LogP contribution in [0.25, 0.3) is 0 Å². The van der Waals surface area contributed by atoms with Crippen molar-refractivity contribution in [1.82, 2.24) is 9.97 Å². The number of hydrogen-bond acceptors (Lipinski definition) is 4. The van der Waals surface area contributed by atoms with Crippen LogP contribution in [-0.2, 0) is 0 Å². The zero-order valence-electron chi connectivity index (χ0n) is 9.50. The van der Waals surface area contributed by atoms with Gasteiger partial charge in [0.05, 0.1) is 16.8 Å². The molecule has 0 bridgehead atoms. The number of carboxylic acid groups (broad SMARTS) is 1. The maximum atomic E-state index is 11.9. The summed E-state index contributed by atoms with van der Waals surface area (Å²) in [4.78, 5) is 30.5. The van der Waals surface area contributed by atoms with E-state index in [9.17, 15) is 9.59 Å². The number of anilines is 1. The van der Waals surface area contributed by atoms with E-state index < -0.39 is 11.9 Å². The molecule has 19 heavy (non-hydrogen) atoms. The lowest BCUT2D eigenvalue weighted by Gasteiger charge is -2.08. The van der Waals surface area contributed by atoms with Gasteiger partial charge in [-0.15, -0.1) is 0 Å². The number of carboxylic acids is 1. The number of rotatable bonds is 3. The molecule has 0 aliphatic carbocycles. The van der Waals surface area contributed by atoms with E-state index in [1.165, 1.54) is 24.8 Å². The van der Waals surface area contributed by atoms with Crippen LogP contribution < -0.4 is 5.32 Å². The molecule has 1 heterocycles. The summed E-state index contributed by atoms with van der Waals surface area (Å²) in [7, 11) is 0. The van der Waals surface area contributed by atoms with E-state index in [-0.39, 0.29) is 16.8 Å². The average molecular weight is 369 g/mol. The number of carbonyl (C=O) groups is 2. The Hall–Kier alpha value is -2.03. The van der Waals surface area contributed by atoms with Crippen molar-refractivity contribution in [2.45, 2.75) is 0 Å². The van der Waals surface area contributed by atoms with Crippen molar-refractivity contribution >= 4 is 40.2 Å². The van der Waals surface area contributed by atoms with Crippen LogP contribution in [0.2, 0.25) is 0 Å². The van der Waals surface area contributed by atoms with E-state index in [1.54, 1.807) is 12.1 Å². The molecule has 2 aromatic rings. The van der Waals surface area contributed by atoms with Crippen LogP contribution in [0.1, 0.15) is 20.7 Å². The van der Waals surface area contributed by atoms with Gasteiger partial charge >= 0.3 is 5.97 Å². The Kier molecular flexibility index (Phi) is 4.05. The van der Waals surface area contributed by atoms with Crippen LogP contribution in [-0.4, -0.2) is 27.0 Å². The van der Waals surface area contributed by atoms with Gasteiger partial charge in [0.1, 0.15) is 6.33 Å². The average Bonchev–Trinajstić information content (AvgIpc) is 2.41. The highest BCUT2D eigenvalue weighted by atomic mass is 127. The Labute approximate surface area is 122 Å². The third kappa shape index (κ3) is 3.25. The molecule has 0 radical (unpaired) electrons. The van der Waals surface area contributed by atoms with E-state index in [0.717, 1.165) is 3.57 Å². The number of nitrogens with one attached hydrogen (secondary N) is 1. The normalized spacial score (nSPS) is 9.95. The first-order valence-electron chi connectivity index (χ1n) is 5.17.